The molecule has 0 aliphatic carbocycles. The summed E-state index contributed by atoms with van der Waals surface area (Å²) in [7, 11) is 3.22. The molecule has 0 spiro atoms. The van der Waals surface area contributed by atoms with Crippen LogP contribution in [0.2, 0.25) is 0 Å². The van der Waals surface area contributed by atoms with E-state index < -0.39 is 5.63 Å². The molecule has 184 valence electrons. The maximum absolute atomic E-state index is 13.0. The molecule has 1 amide bonds. The maximum Gasteiger partial charge on any atom is 0.339 e. The molecule has 1 aliphatic rings. The van der Waals surface area contributed by atoms with Crippen molar-refractivity contribution in [3.8, 4) is 17.2 Å². The number of carbonyl (C=O) groups is 1. The summed E-state index contributed by atoms with van der Waals surface area (Å²) in [4.78, 5) is 27.6. The number of hydrogen-bond donors (Lipinski definition) is 0. The number of methoxy groups -OCH3 is 2. The Bertz CT molecular complexity index is 1340. The predicted octanol–water partition coefficient (Wildman–Crippen LogP) is 4.59. The first-order chi connectivity index (χ1) is 16.8. The second-order valence-corrected chi connectivity index (χ2v) is 8.94. The van der Waals surface area contributed by atoms with E-state index in [1.54, 1.807) is 20.3 Å². The first-order valence-electron chi connectivity index (χ1n) is 11.7. The van der Waals surface area contributed by atoms with Crippen molar-refractivity contribution in [2.45, 2.75) is 39.7 Å². The highest BCUT2D eigenvalue weighted by Crippen LogP contribution is 2.33. The van der Waals surface area contributed by atoms with Crippen LogP contribution in [0.4, 0.5) is 0 Å². The third-order valence-electron chi connectivity index (χ3n) is 6.40. The van der Waals surface area contributed by atoms with Crippen molar-refractivity contribution in [1.82, 2.24) is 4.90 Å². The molecule has 1 aliphatic heterocycles. The summed E-state index contributed by atoms with van der Waals surface area (Å²) in [6, 6.07) is 9.37. The Morgan fingerprint density at radius 3 is 2.51 bits per heavy atom. The molecule has 7 nitrogen and oxygen atoms in total. The lowest BCUT2D eigenvalue weighted by molar-refractivity contribution is -0.132. The number of nitrogens with zero attached hydrogens (tertiary/aromatic N) is 1. The van der Waals surface area contributed by atoms with Crippen molar-refractivity contribution in [2.24, 2.45) is 0 Å². The van der Waals surface area contributed by atoms with Crippen LogP contribution in [0.25, 0.3) is 11.0 Å². The first kappa shape index (κ1) is 24.4. The monoisotopic (exact) mass is 477 g/mol. The number of amides is 1. The summed E-state index contributed by atoms with van der Waals surface area (Å²) in [6.07, 6.45) is 1.31. The van der Waals surface area contributed by atoms with Crippen molar-refractivity contribution in [2.75, 3.05) is 27.4 Å². The largest absolute Gasteiger partial charge is 0.493 e. The van der Waals surface area contributed by atoms with Crippen LogP contribution in [0.15, 0.2) is 51.7 Å². The van der Waals surface area contributed by atoms with Crippen molar-refractivity contribution in [1.29, 1.82) is 0 Å². The van der Waals surface area contributed by atoms with E-state index in [4.69, 9.17) is 18.6 Å². The van der Waals surface area contributed by atoms with Crippen molar-refractivity contribution >= 4 is 16.9 Å². The topological polar surface area (TPSA) is 78.2 Å². The lowest BCUT2D eigenvalue weighted by atomic mass is 9.97. The van der Waals surface area contributed by atoms with Crippen molar-refractivity contribution < 1.29 is 23.4 Å². The van der Waals surface area contributed by atoms with E-state index in [1.165, 1.54) is 0 Å². The number of benzene rings is 2. The van der Waals surface area contributed by atoms with Gasteiger partial charge in [-0.15, -0.1) is 0 Å². The van der Waals surface area contributed by atoms with E-state index in [-0.39, 0.29) is 12.3 Å². The van der Waals surface area contributed by atoms with E-state index in [1.807, 2.05) is 43.0 Å². The van der Waals surface area contributed by atoms with Crippen molar-refractivity contribution in [3.63, 3.8) is 0 Å². The Morgan fingerprint density at radius 1 is 1.11 bits per heavy atom. The summed E-state index contributed by atoms with van der Waals surface area (Å²) in [5.41, 5.74) is 4.53. The van der Waals surface area contributed by atoms with Gasteiger partial charge in [0.25, 0.3) is 0 Å². The standard InChI is InChI=1S/C28H31NO6/c1-17(2)16-34-21-6-7-22-18(3)23(28(31)35-24(22)14-21)8-9-27(30)29-11-10-19-12-25(32-4)26(33-5)13-20(19)15-29/h6-7,12-14H,1,8-11,15-16H2,2-5H3. The zero-order valence-corrected chi connectivity index (χ0v) is 20.7. The Labute approximate surface area is 204 Å². The second kappa shape index (κ2) is 10.3. The average molecular weight is 478 g/mol. The summed E-state index contributed by atoms with van der Waals surface area (Å²) < 4.78 is 22.0. The van der Waals surface area contributed by atoms with Gasteiger partial charge in [-0.2, -0.15) is 0 Å². The molecule has 0 unspecified atom stereocenters. The van der Waals surface area contributed by atoms with Crippen LogP contribution in [0, 0.1) is 6.92 Å². The number of aryl methyl sites for hydroxylation is 1. The molecule has 0 fully saturated rings. The third-order valence-corrected chi connectivity index (χ3v) is 6.40. The fourth-order valence-electron chi connectivity index (χ4n) is 4.45. The van der Waals surface area contributed by atoms with Crippen LogP contribution in [0.5, 0.6) is 17.2 Å². The SMILES string of the molecule is C=C(C)COc1ccc2c(C)c(CCC(=O)N3CCc4cc(OC)c(OC)cc4C3)c(=O)oc2c1. The minimum Gasteiger partial charge on any atom is -0.493 e. The van der Waals surface area contributed by atoms with Gasteiger partial charge in [0, 0.05) is 36.5 Å². The number of hydrogen-bond acceptors (Lipinski definition) is 6. The Kier molecular flexibility index (Phi) is 7.15. The minimum atomic E-state index is -0.416. The Morgan fingerprint density at radius 2 is 1.83 bits per heavy atom. The van der Waals surface area contributed by atoms with Crippen LogP contribution in [0.1, 0.15) is 35.6 Å². The molecule has 3 aromatic rings. The summed E-state index contributed by atoms with van der Waals surface area (Å²) in [6.45, 7) is 9.13. The maximum atomic E-state index is 13.0. The molecular formula is C28H31NO6. The van der Waals surface area contributed by atoms with Crippen LogP contribution in [0.3, 0.4) is 0 Å². The van der Waals surface area contributed by atoms with Crippen molar-refractivity contribution in [3.05, 3.63) is 75.2 Å². The summed E-state index contributed by atoms with van der Waals surface area (Å²) >= 11 is 0. The van der Waals surface area contributed by atoms with Crippen LogP contribution in [-0.4, -0.2) is 38.2 Å². The minimum absolute atomic E-state index is 0.00729. The smallest absolute Gasteiger partial charge is 0.339 e. The van der Waals surface area contributed by atoms with Gasteiger partial charge in [-0.05, 0) is 73.2 Å². The summed E-state index contributed by atoms with van der Waals surface area (Å²) in [5, 5.41) is 0.836. The normalized spacial score (nSPS) is 12.9. The fraction of sp³-hybridized carbons (Fsp3) is 0.357. The lowest BCUT2D eigenvalue weighted by Gasteiger charge is -2.29. The first-order valence-corrected chi connectivity index (χ1v) is 11.7. The molecule has 7 heteroatoms. The van der Waals surface area contributed by atoms with Gasteiger partial charge in [0.2, 0.25) is 5.91 Å². The van der Waals surface area contributed by atoms with Crippen LogP contribution >= 0.6 is 0 Å². The zero-order valence-electron chi connectivity index (χ0n) is 20.7. The highest BCUT2D eigenvalue weighted by atomic mass is 16.5. The number of ether oxygens (including phenoxy) is 3. The molecule has 0 N–H and O–H groups in total. The lowest BCUT2D eigenvalue weighted by Crippen LogP contribution is -2.36. The molecular weight excluding hydrogens is 446 g/mol. The molecule has 2 heterocycles. The average Bonchev–Trinajstić information content (AvgIpc) is 2.85. The molecule has 2 aromatic carbocycles. The second-order valence-electron chi connectivity index (χ2n) is 8.94. The molecule has 0 bridgehead atoms. The van der Waals surface area contributed by atoms with Crippen LogP contribution < -0.4 is 19.8 Å². The molecule has 0 saturated carbocycles. The van der Waals surface area contributed by atoms with E-state index in [0.717, 1.165) is 34.1 Å². The quantitative estimate of drug-likeness (QED) is 0.349. The van der Waals surface area contributed by atoms with Crippen LogP contribution in [-0.2, 0) is 24.2 Å². The van der Waals surface area contributed by atoms with Gasteiger partial charge < -0.3 is 23.5 Å². The number of carbonyl (C=O) groups excluding carboxylic acids is 1. The molecule has 1 aromatic heterocycles. The summed E-state index contributed by atoms with van der Waals surface area (Å²) in [5.74, 6) is 1.97. The molecule has 0 atom stereocenters. The highest BCUT2D eigenvalue weighted by Gasteiger charge is 2.23. The van der Waals surface area contributed by atoms with E-state index in [0.29, 0.717) is 54.5 Å². The fourth-order valence-corrected chi connectivity index (χ4v) is 4.45. The van der Waals surface area contributed by atoms with Gasteiger partial charge in [-0.25, -0.2) is 4.79 Å². The molecule has 0 radical (unpaired) electrons. The molecule has 35 heavy (non-hydrogen) atoms. The Balaban J connectivity index is 1.47. The third kappa shape index (κ3) is 5.19. The Hall–Kier alpha value is -3.74. The van der Waals surface area contributed by atoms with E-state index in [2.05, 4.69) is 6.58 Å². The van der Waals surface area contributed by atoms with Gasteiger partial charge in [0.15, 0.2) is 11.5 Å². The van der Waals surface area contributed by atoms with Gasteiger partial charge in [-0.1, -0.05) is 6.58 Å². The van der Waals surface area contributed by atoms with Gasteiger partial charge in [0.05, 0.1) is 14.2 Å². The van der Waals surface area contributed by atoms with Gasteiger partial charge in [0.1, 0.15) is 17.9 Å². The predicted molar refractivity (Wildman–Crippen MR) is 135 cm³/mol. The van der Waals surface area contributed by atoms with E-state index in [9.17, 15) is 9.59 Å². The molecule has 4 rings (SSSR count). The molecule has 0 saturated heterocycles. The van der Waals surface area contributed by atoms with E-state index >= 15 is 0 Å². The van der Waals surface area contributed by atoms with Gasteiger partial charge in [-0.3, -0.25) is 4.79 Å². The number of rotatable bonds is 8. The highest BCUT2D eigenvalue weighted by molar-refractivity contribution is 5.83. The van der Waals surface area contributed by atoms with Gasteiger partial charge >= 0.3 is 5.63 Å². The zero-order chi connectivity index (χ0) is 25.1. The number of fused-ring (bicyclic) bond motifs is 2.